The van der Waals surface area contributed by atoms with Crippen LogP contribution in [0.3, 0.4) is 0 Å². The van der Waals surface area contributed by atoms with E-state index in [9.17, 15) is 4.79 Å². The second kappa shape index (κ2) is 5.94. The Kier molecular flexibility index (Phi) is 3.70. The molecule has 0 bridgehead atoms. The Bertz CT molecular complexity index is 830. The number of rotatable bonds is 4. The van der Waals surface area contributed by atoms with E-state index in [0.29, 0.717) is 29.8 Å². The quantitative estimate of drug-likeness (QED) is 0.924. The second-order valence-corrected chi connectivity index (χ2v) is 8.46. The van der Waals surface area contributed by atoms with Gasteiger partial charge in [0, 0.05) is 17.3 Å². The third-order valence-corrected chi connectivity index (χ3v) is 6.51. The Morgan fingerprint density at radius 1 is 0.920 bits per heavy atom. The van der Waals surface area contributed by atoms with Crippen LogP contribution in [0.4, 0.5) is 0 Å². The number of benzene rings is 1. The maximum absolute atomic E-state index is 13.2. The van der Waals surface area contributed by atoms with Gasteiger partial charge in [-0.1, -0.05) is 18.2 Å². The van der Waals surface area contributed by atoms with E-state index < -0.39 is 0 Å². The van der Waals surface area contributed by atoms with Crippen molar-refractivity contribution in [2.75, 3.05) is 0 Å². The molecule has 0 amide bonds. The zero-order valence-electron chi connectivity index (χ0n) is 14.7. The lowest BCUT2D eigenvalue weighted by Crippen LogP contribution is -2.32. The van der Waals surface area contributed by atoms with Crippen LogP contribution in [0, 0.1) is 11.8 Å². The van der Waals surface area contributed by atoms with Crippen LogP contribution in [0.5, 0.6) is 0 Å². The molecule has 0 aliphatic heterocycles. The number of aromatic nitrogens is 2. The van der Waals surface area contributed by atoms with Gasteiger partial charge in [0.2, 0.25) is 0 Å². The van der Waals surface area contributed by atoms with E-state index in [1.807, 2.05) is 22.9 Å². The summed E-state index contributed by atoms with van der Waals surface area (Å²) in [6.45, 7) is 0. The van der Waals surface area contributed by atoms with Crippen molar-refractivity contribution in [2.45, 2.75) is 69.4 Å². The Hall–Kier alpha value is -1.68. The van der Waals surface area contributed by atoms with Crippen molar-refractivity contribution in [3.05, 3.63) is 40.3 Å². The van der Waals surface area contributed by atoms with Gasteiger partial charge in [-0.05, 0) is 69.3 Å². The van der Waals surface area contributed by atoms with Gasteiger partial charge < -0.3 is 5.73 Å². The highest BCUT2D eigenvalue weighted by molar-refractivity contribution is 5.84. The molecule has 3 saturated carbocycles. The summed E-state index contributed by atoms with van der Waals surface area (Å²) in [5.41, 5.74) is 7.38. The first-order chi connectivity index (χ1) is 12.2. The lowest BCUT2D eigenvalue weighted by molar-refractivity contribution is 0.333. The molecule has 4 heteroatoms. The highest BCUT2D eigenvalue weighted by Gasteiger charge is 2.44. The maximum atomic E-state index is 13.2. The fourth-order valence-electron chi connectivity index (χ4n) is 4.79. The molecule has 25 heavy (non-hydrogen) atoms. The summed E-state index contributed by atoms with van der Waals surface area (Å²) in [4.78, 5) is 13.2. The van der Waals surface area contributed by atoms with E-state index >= 15 is 0 Å². The Morgan fingerprint density at radius 3 is 2.12 bits per heavy atom. The van der Waals surface area contributed by atoms with Gasteiger partial charge in [0.15, 0.2) is 0 Å². The van der Waals surface area contributed by atoms with Crippen LogP contribution < -0.4 is 11.3 Å². The molecule has 3 aliphatic rings. The van der Waals surface area contributed by atoms with Crippen LogP contribution in [-0.2, 0) is 0 Å². The van der Waals surface area contributed by atoms with E-state index in [1.54, 1.807) is 0 Å². The molecule has 1 heterocycles. The number of nitrogens with zero attached hydrogens (tertiary/aromatic N) is 2. The summed E-state index contributed by atoms with van der Waals surface area (Å²) in [5, 5.41) is 6.95. The molecular formula is C21H27N3O. The summed E-state index contributed by atoms with van der Waals surface area (Å²) in [7, 11) is 0. The average molecular weight is 337 g/mol. The maximum Gasteiger partial charge on any atom is 0.274 e. The molecule has 4 nitrogen and oxygen atoms in total. The number of nitrogens with two attached hydrogens (primary N) is 1. The second-order valence-electron chi connectivity index (χ2n) is 8.46. The predicted molar refractivity (Wildman–Crippen MR) is 99.7 cm³/mol. The zero-order valence-corrected chi connectivity index (χ0v) is 14.7. The van der Waals surface area contributed by atoms with Crippen LogP contribution >= 0.6 is 0 Å². The van der Waals surface area contributed by atoms with Crippen LogP contribution in [0.1, 0.15) is 69.0 Å². The fraction of sp³-hybridized carbons (Fsp3) is 0.619. The first kappa shape index (κ1) is 15.6. The summed E-state index contributed by atoms with van der Waals surface area (Å²) in [6.07, 6.45) is 9.35. The van der Waals surface area contributed by atoms with Gasteiger partial charge in [-0.15, -0.1) is 0 Å². The normalized spacial score (nSPS) is 27.1. The molecule has 0 atom stereocenters. The van der Waals surface area contributed by atoms with Crippen LogP contribution in [0.25, 0.3) is 10.8 Å². The Morgan fingerprint density at radius 2 is 1.52 bits per heavy atom. The first-order valence-electron chi connectivity index (χ1n) is 9.99. The molecule has 1 aromatic carbocycles. The van der Waals surface area contributed by atoms with E-state index in [-0.39, 0.29) is 5.56 Å². The minimum absolute atomic E-state index is 0.121. The molecule has 3 aliphatic carbocycles. The highest BCUT2D eigenvalue weighted by atomic mass is 16.1. The first-order valence-corrected chi connectivity index (χ1v) is 9.99. The van der Waals surface area contributed by atoms with Gasteiger partial charge in [-0.3, -0.25) is 4.79 Å². The predicted octanol–water partition coefficient (Wildman–Crippen LogP) is 3.74. The van der Waals surface area contributed by atoms with Crippen molar-refractivity contribution in [2.24, 2.45) is 17.6 Å². The van der Waals surface area contributed by atoms with Crippen LogP contribution in [0.15, 0.2) is 29.1 Å². The van der Waals surface area contributed by atoms with Crippen molar-refractivity contribution in [3.63, 3.8) is 0 Å². The lowest BCUT2D eigenvalue weighted by Gasteiger charge is -2.28. The van der Waals surface area contributed by atoms with Gasteiger partial charge in [-0.2, -0.15) is 5.10 Å². The van der Waals surface area contributed by atoms with E-state index in [4.69, 9.17) is 10.8 Å². The molecule has 0 saturated heterocycles. The summed E-state index contributed by atoms with van der Waals surface area (Å²) in [6, 6.07) is 8.76. The van der Waals surface area contributed by atoms with Gasteiger partial charge in [-0.25, -0.2) is 4.68 Å². The molecule has 0 radical (unpaired) electrons. The number of hydrogen-bond donors (Lipinski definition) is 1. The minimum atomic E-state index is 0.121. The molecule has 132 valence electrons. The third kappa shape index (κ3) is 2.80. The standard InChI is InChI=1S/C21H27N3O/c22-16-11-9-13(10-12-16)19-17-3-1-2-4-18(17)21(25)24(23-19)20(14-5-6-14)15-7-8-15/h1-4,13-16,20H,5-12,22H2/t13-,16-. The number of fused-ring (bicyclic) bond motifs is 1. The van der Waals surface area contributed by atoms with Crippen molar-refractivity contribution in [1.29, 1.82) is 0 Å². The Labute approximate surface area is 148 Å². The molecule has 2 N–H and O–H groups in total. The van der Waals surface area contributed by atoms with Gasteiger partial charge >= 0.3 is 0 Å². The zero-order chi connectivity index (χ0) is 17.0. The monoisotopic (exact) mass is 337 g/mol. The van der Waals surface area contributed by atoms with Gasteiger partial charge in [0.25, 0.3) is 5.56 Å². The fourth-order valence-corrected chi connectivity index (χ4v) is 4.79. The molecule has 1 aromatic heterocycles. The molecule has 0 unspecified atom stereocenters. The van der Waals surface area contributed by atoms with Crippen LogP contribution in [0.2, 0.25) is 0 Å². The summed E-state index contributed by atoms with van der Waals surface area (Å²) >= 11 is 0. The van der Waals surface area contributed by atoms with Crippen molar-refractivity contribution < 1.29 is 0 Å². The van der Waals surface area contributed by atoms with Crippen molar-refractivity contribution in [1.82, 2.24) is 9.78 Å². The molecule has 3 fully saturated rings. The topological polar surface area (TPSA) is 60.9 Å². The van der Waals surface area contributed by atoms with E-state index in [2.05, 4.69) is 6.07 Å². The van der Waals surface area contributed by atoms with Crippen LogP contribution in [-0.4, -0.2) is 15.8 Å². The average Bonchev–Trinajstić information content (AvgIpc) is 3.53. The lowest BCUT2D eigenvalue weighted by atomic mass is 9.83. The molecular weight excluding hydrogens is 310 g/mol. The third-order valence-electron chi connectivity index (χ3n) is 6.51. The highest BCUT2D eigenvalue weighted by Crippen LogP contribution is 2.51. The smallest absolute Gasteiger partial charge is 0.274 e. The molecule has 2 aromatic rings. The van der Waals surface area contributed by atoms with E-state index in [1.165, 1.54) is 25.7 Å². The SMILES string of the molecule is N[C@H]1CC[C@H](c2nn(C(C3CC3)C3CC3)c(=O)c3ccccc32)CC1. The molecule has 0 spiro atoms. The van der Waals surface area contributed by atoms with Gasteiger partial charge in [0.1, 0.15) is 0 Å². The van der Waals surface area contributed by atoms with Crippen molar-refractivity contribution >= 4 is 10.8 Å². The van der Waals surface area contributed by atoms with Crippen molar-refractivity contribution in [3.8, 4) is 0 Å². The summed E-state index contributed by atoms with van der Waals surface area (Å²) in [5.74, 6) is 1.79. The Balaban J connectivity index is 1.65. The van der Waals surface area contributed by atoms with E-state index in [0.717, 1.165) is 42.1 Å². The molecule has 5 rings (SSSR count). The van der Waals surface area contributed by atoms with Gasteiger partial charge in [0.05, 0.1) is 17.1 Å². The minimum Gasteiger partial charge on any atom is -0.328 e. The number of hydrogen-bond acceptors (Lipinski definition) is 3. The largest absolute Gasteiger partial charge is 0.328 e. The summed E-state index contributed by atoms with van der Waals surface area (Å²) < 4.78 is 1.90.